The van der Waals surface area contributed by atoms with Crippen LogP contribution in [0.3, 0.4) is 0 Å². The van der Waals surface area contributed by atoms with Gasteiger partial charge in [0.15, 0.2) is 8.32 Å². The van der Waals surface area contributed by atoms with Gasteiger partial charge in [-0.3, -0.25) is 0 Å². The van der Waals surface area contributed by atoms with Crippen molar-refractivity contribution in [2.75, 3.05) is 0 Å². The van der Waals surface area contributed by atoms with Crippen LogP contribution in [0.1, 0.15) is 73.1 Å². The molecule has 2 heteroatoms. The first-order chi connectivity index (χ1) is 9.54. The van der Waals surface area contributed by atoms with Gasteiger partial charge in [0.05, 0.1) is 6.10 Å². The van der Waals surface area contributed by atoms with Gasteiger partial charge in [0.1, 0.15) is 0 Å². The van der Waals surface area contributed by atoms with Crippen molar-refractivity contribution in [3.05, 3.63) is 12.2 Å². The summed E-state index contributed by atoms with van der Waals surface area (Å²) in [4.78, 5) is 0. The zero-order chi connectivity index (χ0) is 16.3. The number of rotatable bonds is 6. The Morgan fingerprint density at radius 3 is 2.10 bits per heavy atom. The third-order valence-electron chi connectivity index (χ3n) is 5.51. The fourth-order valence-corrected chi connectivity index (χ4v) is 4.49. The SMILES string of the molecule is C=C(CC1CCCCC1)C(O[Si](C)(C)C(C)(C)C)C(C)C. The van der Waals surface area contributed by atoms with Crippen molar-refractivity contribution < 1.29 is 4.43 Å². The number of hydrogen-bond acceptors (Lipinski definition) is 1. The van der Waals surface area contributed by atoms with Crippen LogP contribution >= 0.6 is 0 Å². The lowest BCUT2D eigenvalue weighted by Gasteiger charge is -2.41. The summed E-state index contributed by atoms with van der Waals surface area (Å²) < 4.78 is 6.71. The summed E-state index contributed by atoms with van der Waals surface area (Å²) in [5, 5.41) is 0.269. The van der Waals surface area contributed by atoms with E-state index in [1.165, 1.54) is 44.1 Å². The lowest BCUT2D eigenvalue weighted by atomic mass is 9.83. The Balaban J connectivity index is 2.70. The van der Waals surface area contributed by atoms with E-state index in [0.717, 1.165) is 5.92 Å². The highest BCUT2D eigenvalue weighted by atomic mass is 28.4. The second kappa shape index (κ2) is 7.46. The van der Waals surface area contributed by atoms with Crippen molar-refractivity contribution in [1.82, 2.24) is 0 Å². The molecule has 0 spiro atoms. The molecule has 1 aliphatic rings. The Hall–Kier alpha value is -0.0831. The van der Waals surface area contributed by atoms with Gasteiger partial charge in [-0.1, -0.05) is 73.3 Å². The normalized spacial score (nSPS) is 19.8. The minimum absolute atomic E-state index is 0.243. The molecular weight excluding hydrogens is 272 g/mol. The van der Waals surface area contributed by atoms with Crippen LogP contribution in [0.4, 0.5) is 0 Å². The Kier molecular flexibility index (Phi) is 6.73. The lowest BCUT2D eigenvalue weighted by molar-refractivity contribution is 0.158. The molecule has 1 aliphatic carbocycles. The fourth-order valence-electron chi connectivity index (χ4n) is 3.06. The summed E-state index contributed by atoms with van der Waals surface area (Å²) in [6.45, 7) is 20.7. The Morgan fingerprint density at radius 1 is 1.14 bits per heavy atom. The average Bonchev–Trinajstić information content (AvgIpc) is 2.35. The van der Waals surface area contributed by atoms with Gasteiger partial charge in [0, 0.05) is 0 Å². The molecular formula is C19H38OSi. The second-order valence-electron chi connectivity index (χ2n) is 8.91. The van der Waals surface area contributed by atoms with Crippen molar-refractivity contribution >= 4 is 8.32 Å². The minimum atomic E-state index is -1.72. The van der Waals surface area contributed by atoms with Gasteiger partial charge in [0.25, 0.3) is 0 Å². The van der Waals surface area contributed by atoms with Gasteiger partial charge in [0.2, 0.25) is 0 Å². The summed E-state index contributed by atoms with van der Waals surface area (Å²) in [6.07, 6.45) is 8.45. The van der Waals surface area contributed by atoms with Crippen LogP contribution in [0.5, 0.6) is 0 Å². The molecule has 0 saturated heterocycles. The zero-order valence-electron chi connectivity index (χ0n) is 15.6. The minimum Gasteiger partial charge on any atom is -0.410 e. The maximum absolute atomic E-state index is 6.71. The summed E-state index contributed by atoms with van der Waals surface area (Å²) in [5.74, 6) is 1.38. The van der Waals surface area contributed by atoms with E-state index >= 15 is 0 Å². The van der Waals surface area contributed by atoms with E-state index in [-0.39, 0.29) is 11.1 Å². The van der Waals surface area contributed by atoms with Gasteiger partial charge in [-0.25, -0.2) is 0 Å². The lowest BCUT2D eigenvalue weighted by Crippen LogP contribution is -2.45. The quantitative estimate of drug-likeness (QED) is 0.399. The first-order valence-corrected chi connectivity index (χ1v) is 11.8. The van der Waals surface area contributed by atoms with Gasteiger partial charge < -0.3 is 4.43 Å². The van der Waals surface area contributed by atoms with Crippen molar-refractivity contribution in [2.45, 2.75) is 97.4 Å². The van der Waals surface area contributed by atoms with Crippen molar-refractivity contribution in [3.63, 3.8) is 0 Å². The van der Waals surface area contributed by atoms with Gasteiger partial charge in [-0.15, -0.1) is 0 Å². The smallest absolute Gasteiger partial charge is 0.192 e. The van der Waals surface area contributed by atoms with E-state index in [1.807, 2.05) is 0 Å². The van der Waals surface area contributed by atoms with Crippen molar-refractivity contribution in [1.29, 1.82) is 0 Å². The fraction of sp³-hybridized carbons (Fsp3) is 0.895. The van der Waals surface area contributed by atoms with Gasteiger partial charge in [-0.2, -0.15) is 0 Å². The maximum Gasteiger partial charge on any atom is 0.192 e. The van der Waals surface area contributed by atoms with E-state index < -0.39 is 8.32 Å². The Labute approximate surface area is 134 Å². The summed E-state index contributed by atoms with van der Waals surface area (Å²) >= 11 is 0. The molecule has 0 heterocycles. The average molecular weight is 311 g/mol. The molecule has 0 radical (unpaired) electrons. The molecule has 0 amide bonds. The van der Waals surface area contributed by atoms with Gasteiger partial charge in [-0.05, 0) is 42.0 Å². The topological polar surface area (TPSA) is 9.23 Å². The van der Waals surface area contributed by atoms with E-state index in [2.05, 4.69) is 54.3 Å². The number of hydrogen-bond donors (Lipinski definition) is 0. The summed E-state index contributed by atoms with van der Waals surface area (Å²) in [7, 11) is -1.72. The van der Waals surface area contributed by atoms with Crippen LogP contribution in [0.25, 0.3) is 0 Å². The molecule has 0 aromatic heterocycles. The van der Waals surface area contributed by atoms with E-state index in [0.29, 0.717) is 5.92 Å². The predicted octanol–water partition coefficient (Wildman–Crippen LogP) is 6.56. The maximum atomic E-state index is 6.71. The highest BCUT2D eigenvalue weighted by molar-refractivity contribution is 6.74. The van der Waals surface area contributed by atoms with Crippen LogP contribution in [0.15, 0.2) is 12.2 Å². The molecule has 0 aromatic rings. The zero-order valence-corrected chi connectivity index (χ0v) is 16.6. The molecule has 1 rings (SSSR count). The monoisotopic (exact) mass is 310 g/mol. The highest BCUT2D eigenvalue weighted by Crippen LogP contribution is 2.40. The van der Waals surface area contributed by atoms with Gasteiger partial charge >= 0.3 is 0 Å². The highest BCUT2D eigenvalue weighted by Gasteiger charge is 2.40. The molecule has 0 aromatic carbocycles. The molecule has 1 nitrogen and oxygen atoms in total. The Bertz CT molecular complexity index is 332. The molecule has 1 saturated carbocycles. The Morgan fingerprint density at radius 2 is 1.67 bits per heavy atom. The van der Waals surface area contributed by atoms with Crippen LogP contribution in [-0.4, -0.2) is 14.4 Å². The van der Waals surface area contributed by atoms with E-state index in [4.69, 9.17) is 4.43 Å². The van der Waals surface area contributed by atoms with Crippen LogP contribution in [0.2, 0.25) is 18.1 Å². The third kappa shape index (κ3) is 5.56. The van der Waals surface area contributed by atoms with Crippen LogP contribution in [-0.2, 0) is 4.43 Å². The first kappa shape index (κ1) is 19.0. The molecule has 0 N–H and O–H groups in total. The molecule has 0 bridgehead atoms. The van der Waals surface area contributed by atoms with Crippen molar-refractivity contribution in [2.24, 2.45) is 11.8 Å². The predicted molar refractivity (Wildman–Crippen MR) is 97.2 cm³/mol. The summed E-state index contributed by atoms with van der Waals surface area (Å²) in [5.41, 5.74) is 1.35. The third-order valence-corrected chi connectivity index (χ3v) is 9.97. The molecule has 1 atom stereocenters. The molecule has 21 heavy (non-hydrogen) atoms. The van der Waals surface area contributed by atoms with E-state index in [1.54, 1.807) is 0 Å². The van der Waals surface area contributed by atoms with E-state index in [9.17, 15) is 0 Å². The molecule has 1 unspecified atom stereocenters. The van der Waals surface area contributed by atoms with Crippen LogP contribution < -0.4 is 0 Å². The molecule has 0 aliphatic heterocycles. The molecule has 124 valence electrons. The van der Waals surface area contributed by atoms with Crippen LogP contribution in [0, 0.1) is 11.8 Å². The standard InChI is InChI=1S/C19H38OSi/c1-15(2)18(20-21(7,8)19(4,5)6)16(3)14-17-12-10-9-11-13-17/h15,17-18H,3,9-14H2,1-2,4-8H3. The molecule has 1 fully saturated rings. The summed E-state index contributed by atoms with van der Waals surface area (Å²) in [6, 6.07) is 0. The second-order valence-corrected chi connectivity index (χ2v) is 13.7. The van der Waals surface area contributed by atoms with Crippen molar-refractivity contribution in [3.8, 4) is 0 Å². The first-order valence-electron chi connectivity index (χ1n) is 8.90. The largest absolute Gasteiger partial charge is 0.410 e.